The number of imidazole rings is 1. The molecule has 2 nitrogen and oxygen atoms in total. The van der Waals surface area contributed by atoms with Gasteiger partial charge in [-0.2, -0.15) is 0 Å². The molecule has 0 saturated carbocycles. The number of rotatable bonds is 2. The second-order valence-corrected chi connectivity index (χ2v) is 4.96. The van der Waals surface area contributed by atoms with E-state index < -0.39 is 0 Å². The summed E-state index contributed by atoms with van der Waals surface area (Å²) in [5.74, 6) is 0.950. The van der Waals surface area contributed by atoms with Crippen LogP contribution in [0.2, 0.25) is 0 Å². The predicted molar refractivity (Wildman–Crippen MR) is 85.2 cm³/mol. The van der Waals surface area contributed by atoms with Crippen molar-refractivity contribution in [2.24, 2.45) is 7.05 Å². The van der Waals surface area contributed by atoms with Crippen LogP contribution < -0.4 is 0 Å². The van der Waals surface area contributed by atoms with E-state index in [1.807, 2.05) is 38.3 Å². The second kappa shape index (κ2) is 4.84. The van der Waals surface area contributed by atoms with E-state index in [0.717, 1.165) is 33.6 Å². The Hall–Kier alpha value is -2.57. The zero-order valence-corrected chi connectivity index (χ0v) is 11.7. The summed E-state index contributed by atoms with van der Waals surface area (Å²) in [6.45, 7) is 6.02. The van der Waals surface area contributed by atoms with Gasteiger partial charge in [0.1, 0.15) is 5.82 Å². The van der Waals surface area contributed by atoms with Gasteiger partial charge in [-0.05, 0) is 36.8 Å². The van der Waals surface area contributed by atoms with E-state index in [1.54, 1.807) is 0 Å². The van der Waals surface area contributed by atoms with E-state index in [4.69, 9.17) is 4.98 Å². The van der Waals surface area contributed by atoms with Crippen LogP contribution in [0.5, 0.6) is 0 Å². The number of aromatic nitrogens is 2. The van der Waals surface area contributed by atoms with Crippen LogP contribution in [0.25, 0.3) is 22.2 Å². The minimum absolute atomic E-state index is 0.950. The van der Waals surface area contributed by atoms with Crippen molar-refractivity contribution in [3.05, 3.63) is 72.3 Å². The van der Waals surface area contributed by atoms with Gasteiger partial charge in [0.05, 0.1) is 11.0 Å². The molecule has 0 bridgehead atoms. The molecule has 1 aromatic heterocycles. The maximum atomic E-state index is 4.72. The third-order valence-corrected chi connectivity index (χ3v) is 3.45. The first-order chi connectivity index (χ1) is 9.66. The van der Waals surface area contributed by atoms with Crippen molar-refractivity contribution in [3.63, 3.8) is 0 Å². The number of fused-ring (bicyclic) bond motifs is 1. The summed E-state index contributed by atoms with van der Waals surface area (Å²) in [6.07, 6.45) is 9.87. The topological polar surface area (TPSA) is 17.8 Å². The molecule has 1 heterocycles. The highest BCUT2D eigenvalue weighted by molar-refractivity contribution is 5.85. The average Bonchev–Trinajstić information content (AvgIpc) is 2.64. The minimum Gasteiger partial charge on any atom is -0.327 e. The third kappa shape index (κ3) is 2.07. The highest BCUT2D eigenvalue weighted by Crippen LogP contribution is 2.24. The SMILES string of the molecule is C=C(C)c1ccc2nc(C3=CC=CC=C=C3)n(C)c2c1. The van der Waals surface area contributed by atoms with Gasteiger partial charge in [0.15, 0.2) is 0 Å². The average molecular weight is 260 g/mol. The summed E-state index contributed by atoms with van der Waals surface area (Å²) in [7, 11) is 2.04. The molecule has 1 aromatic carbocycles. The number of benzene rings is 1. The molecule has 0 aliphatic heterocycles. The van der Waals surface area contributed by atoms with Crippen molar-refractivity contribution >= 4 is 22.2 Å². The lowest BCUT2D eigenvalue weighted by molar-refractivity contribution is 0.924. The van der Waals surface area contributed by atoms with E-state index >= 15 is 0 Å². The molecule has 1 aliphatic rings. The summed E-state index contributed by atoms with van der Waals surface area (Å²) in [5, 5.41) is 0. The Morgan fingerprint density at radius 2 is 2.15 bits per heavy atom. The molecular formula is C18H16N2. The summed E-state index contributed by atoms with van der Waals surface area (Å²) < 4.78 is 2.12. The number of hydrogen-bond donors (Lipinski definition) is 0. The highest BCUT2D eigenvalue weighted by atomic mass is 15.1. The Morgan fingerprint density at radius 3 is 2.95 bits per heavy atom. The van der Waals surface area contributed by atoms with E-state index in [-0.39, 0.29) is 0 Å². The molecule has 0 unspecified atom stereocenters. The summed E-state index contributed by atoms with van der Waals surface area (Å²) in [5.41, 5.74) is 8.52. The van der Waals surface area contributed by atoms with Gasteiger partial charge in [0.2, 0.25) is 0 Å². The summed E-state index contributed by atoms with van der Waals surface area (Å²) in [6, 6.07) is 6.26. The Labute approximate surface area is 118 Å². The number of hydrogen-bond acceptors (Lipinski definition) is 1. The van der Waals surface area contributed by atoms with Crippen LogP contribution >= 0.6 is 0 Å². The van der Waals surface area contributed by atoms with Crippen LogP contribution in [0.3, 0.4) is 0 Å². The molecule has 0 spiro atoms. The van der Waals surface area contributed by atoms with Crippen LogP contribution in [-0.2, 0) is 7.05 Å². The lowest BCUT2D eigenvalue weighted by Crippen LogP contribution is -1.95. The van der Waals surface area contributed by atoms with Gasteiger partial charge in [0, 0.05) is 12.6 Å². The van der Waals surface area contributed by atoms with Gasteiger partial charge in [0.25, 0.3) is 0 Å². The van der Waals surface area contributed by atoms with Gasteiger partial charge in [-0.3, -0.25) is 0 Å². The fraction of sp³-hybridized carbons (Fsp3) is 0.111. The van der Waals surface area contributed by atoms with Gasteiger partial charge in [-0.1, -0.05) is 36.4 Å². The van der Waals surface area contributed by atoms with Crippen LogP contribution in [-0.4, -0.2) is 9.55 Å². The van der Waals surface area contributed by atoms with Gasteiger partial charge in [-0.25, -0.2) is 4.98 Å². The molecular weight excluding hydrogens is 244 g/mol. The molecule has 98 valence electrons. The normalized spacial score (nSPS) is 13.6. The molecule has 0 radical (unpaired) electrons. The van der Waals surface area contributed by atoms with Crippen molar-refractivity contribution in [2.75, 3.05) is 0 Å². The maximum absolute atomic E-state index is 4.72. The standard InChI is InChI=1S/C18H16N2/c1-13(2)15-10-11-16-17(12-15)20(3)18(19-16)14-8-6-4-5-7-9-14/h4-6,8-12H,1H2,2-3H3. The summed E-state index contributed by atoms with van der Waals surface area (Å²) in [4.78, 5) is 4.72. The van der Waals surface area contributed by atoms with Crippen LogP contribution in [0.1, 0.15) is 18.3 Å². The Bertz CT molecular complexity index is 822. The van der Waals surface area contributed by atoms with Crippen molar-refractivity contribution < 1.29 is 0 Å². The van der Waals surface area contributed by atoms with Crippen molar-refractivity contribution in [2.45, 2.75) is 6.92 Å². The second-order valence-electron chi connectivity index (χ2n) is 4.96. The summed E-state index contributed by atoms with van der Waals surface area (Å²) >= 11 is 0. The first-order valence-electron chi connectivity index (χ1n) is 6.59. The van der Waals surface area contributed by atoms with E-state index in [9.17, 15) is 0 Å². The van der Waals surface area contributed by atoms with Gasteiger partial charge in [-0.15, -0.1) is 5.73 Å². The quantitative estimate of drug-likeness (QED) is 0.737. The van der Waals surface area contributed by atoms with Gasteiger partial charge >= 0.3 is 0 Å². The first-order valence-corrected chi connectivity index (χ1v) is 6.59. The molecule has 0 N–H and O–H groups in total. The predicted octanol–water partition coefficient (Wildman–Crippen LogP) is 4.27. The zero-order valence-electron chi connectivity index (χ0n) is 11.7. The molecule has 0 amide bonds. The van der Waals surface area contributed by atoms with Crippen LogP contribution in [0, 0.1) is 0 Å². The zero-order chi connectivity index (χ0) is 14.1. The maximum Gasteiger partial charge on any atom is 0.141 e. The monoisotopic (exact) mass is 260 g/mol. The van der Waals surface area contributed by atoms with Crippen molar-refractivity contribution in [3.8, 4) is 0 Å². The smallest absolute Gasteiger partial charge is 0.141 e. The van der Waals surface area contributed by atoms with E-state index in [0.29, 0.717) is 0 Å². The molecule has 20 heavy (non-hydrogen) atoms. The fourth-order valence-corrected chi connectivity index (χ4v) is 2.31. The number of nitrogens with zero attached hydrogens (tertiary/aromatic N) is 2. The fourth-order valence-electron chi connectivity index (χ4n) is 2.31. The number of allylic oxidation sites excluding steroid dienone is 6. The van der Waals surface area contributed by atoms with E-state index in [1.165, 1.54) is 0 Å². The first kappa shape index (κ1) is 12.5. The minimum atomic E-state index is 0.950. The molecule has 3 rings (SSSR count). The van der Waals surface area contributed by atoms with Crippen molar-refractivity contribution in [1.82, 2.24) is 9.55 Å². The lowest BCUT2D eigenvalue weighted by Gasteiger charge is -2.03. The van der Waals surface area contributed by atoms with Crippen LogP contribution in [0.15, 0.2) is 60.9 Å². The Morgan fingerprint density at radius 1 is 1.30 bits per heavy atom. The largest absolute Gasteiger partial charge is 0.327 e. The van der Waals surface area contributed by atoms with Gasteiger partial charge < -0.3 is 4.57 Å². The third-order valence-electron chi connectivity index (χ3n) is 3.45. The molecule has 0 fully saturated rings. The van der Waals surface area contributed by atoms with Crippen molar-refractivity contribution in [1.29, 1.82) is 0 Å². The van der Waals surface area contributed by atoms with E-state index in [2.05, 4.69) is 41.2 Å². The lowest BCUT2D eigenvalue weighted by atomic mass is 10.1. The highest BCUT2D eigenvalue weighted by Gasteiger charge is 2.11. The molecule has 1 aliphatic carbocycles. The molecule has 2 aromatic rings. The Balaban J connectivity index is 2.21. The number of aryl methyl sites for hydroxylation is 1. The Kier molecular flexibility index (Phi) is 3.02. The molecule has 0 atom stereocenters. The molecule has 2 heteroatoms. The molecule has 0 saturated heterocycles. The van der Waals surface area contributed by atoms with Crippen LogP contribution in [0.4, 0.5) is 0 Å².